The monoisotopic (exact) mass is 443 g/mol. The first-order valence-corrected chi connectivity index (χ1v) is 10.2. The van der Waals surface area contributed by atoms with E-state index in [0.29, 0.717) is 28.0 Å². The van der Waals surface area contributed by atoms with Gasteiger partial charge in [0.2, 0.25) is 0 Å². The van der Waals surface area contributed by atoms with Crippen LogP contribution in [0.5, 0.6) is 5.75 Å². The van der Waals surface area contributed by atoms with Gasteiger partial charge < -0.3 is 18.5 Å². The van der Waals surface area contributed by atoms with Crippen LogP contribution in [0.15, 0.2) is 65.5 Å². The zero-order valence-corrected chi connectivity index (χ0v) is 17.7. The molecule has 0 aliphatic rings. The molecule has 0 saturated heterocycles. The molecular formula is C23H19Cl2NO4. The van der Waals surface area contributed by atoms with Gasteiger partial charge in [-0.3, -0.25) is 0 Å². The first-order chi connectivity index (χ1) is 14.6. The average Bonchev–Trinajstić information content (AvgIpc) is 3.36. The number of carbonyl (C=O) groups excluding carboxylic acids is 1. The Hall–Kier alpha value is -2.89. The second-order valence-electron chi connectivity index (χ2n) is 6.67. The molecule has 154 valence electrons. The molecule has 0 spiro atoms. The second kappa shape index (κ2) is 8.86. The van der Waals surface area contributed by atoms with Crippen molar-refractivity contribution in [2.24, 2.45) is 0 Å². The van der Waals surface area contributed by atoms with Crippen LogP contribution in [0.3, 0.4) is 0 Å². The fourth-order valence-corrected chi connectivity index (χ4v) is 3.66. The summed E-state index contributed by atoms with van der Waals surface area (Å²) in [6, 6.07) is 14.9. The lowest BCUT2D eigenvalue weighted by molar-refractivity contribution is 0.0509. The predicted molar refractivity (Wildman–Crippen MR) is 116 cm³/mol. The molecule has 0 saturated carbocycles. The third-order valence-corrected chi connectivity index (χ3v) is 5.42. The van der Waals surface area contributed by atoms with E-state index in [-0.39, 0.29) is 13.2 Å². The van der Waals surface area contributed by atoms with Crippen LogP contribution >= 0.6 is 23.2 Å². The van der Waals surface area contributed by atoms with Gasteiger partial charge >= 0.3 is 5.97 Å². The van der Waals surface area contributed by atoms with E-state index in [4.69, 9.17) is 37.1 Å². The number of furan rings is 1. The van der Waals surface area contributed by atoms with Gasteiger partial charge in [0.25, 0.3) is 0 Å². The largest absolute Gasteiger partial charge is 0.486 e. The third-order valence-electron chi connectivity index (χ3n) is 4.68. The molecule has 5 nitrogen and oxygen atoms in total. The van der Waals surface area contributed by atoms with Gasteiger partial charge in [0.05, 0.1) is 34.7 Å². The Morgan fingerprint density at radius 2 is 1.90 bits per heavy atom. The minimum atomic E-state index is -0.448. The van der Waals surface area contributed by atoms with Crippen molar-refractivity contribution in [2.45, 2.75) is 20.1 Å². The van der Waals surface area contributed by atoms with Gasteiger partial charge in [-0.25, -0.2) is 4.79 Å². The van der Waals surface area contributed by atoms with Crippen LogP contribution in [-0.4, -0.2) is 17.1 Å². The molecule has 0 N–H and O–H groups in total. The molecule has 0 aliphatic carbocycles. The van der Waals surface area contributed by atoms with Crippen LogP contribution in [-0.2, 0) is 17.9 Å². The molecule has 0 aliphatic heterocycles. The standard InChI is InChI=1S/C23H19Cl2NO4/c1-2-29-23(27)21-22(30-14-16-9-10-28-13-16)17-5-3-4-6-20(17)26(21)12-15-7-8-18(24)19(25)11-15/h3-11,13H,2,12,14H2,1H3. The van der Waals surface area contributed by atoms with Crippen molar-refractivity contribution in [2.75, 3.05) is 6.61 Å². The van der Waals surface area contributed by atoms with Crippen LogP contribution in [0.25, 0.3) is 10.9 Å². The maximum atomic E-state index is 12.9. The van der Waals surface area contributed by atoms with Crippen LogP contribution < -0.4 is 4.74 Å². The number of esters is 1. The lowest BCUT2D eigenvalue weighted by atomic mass is 10.2. The molecule has 0 atom stereocenters. The van der Waals surface area contributed by atoms with E-state index in [2.05, 4.69) is 0 Å². The van der Waals surface area contributed by atoms with Gasteiger partial charge in [-0.05, 0) is 42.8 Å². The Kier molecular flexibility index (Phi) is 6.02. The molecule has 4 rings (SSSR count). The summed E-state index contributed by atoms with van der Waals surface area (Å²) in [5, 5.41) is 1.76. The molecular weight excluding hydrogens is 425 g/mol. The summed E-state index contributed by atoms with van der Waals surface area (Å²) >= 11 is 12.3. The summed E-state index contributed by atoms with van der Waals surface area (Å²) in [5.41, 5.74) is 2.98. The van der Waals surface area contributed by atoms with E-state index >= 15 is 0 Å². The van der Waals surface area contributed by atoms with Crippen LogP contribution in [0, 0.1) is 0 Å². The fraction of sp³-hybridized carbons (Fsp3) is 0.174. The van der Waals surface area contributed by atoms with Gasteiger partial charge in [0.1, 0.15) is 6.61 Å². The van der Waals surface area contributed by atoms with E-state index in [1.807, 2.05) is 41.0 Å². The first kappa shape index (κ1) is 20.4. The van der Waals surface area contributed by atoms with Crippen molar-refractivity contribution < 1.29 is 18.7 Å². The summed E-state index contributed by atoms with van der Waals surface area (Å²) in [5.74, 6) is 0.0289. The minimum Gasteiger partial charge on any atom is -0.486 e. The number of aromatic nitrogens is 1. The highest BCUT2D eigenvalue weighted by molar-refractivity contribution is 6.42. The number of para-hydroxylation sites is 1. The van der Waals surface area contributed by atoms with E-state index in [1.54, 1.807) is 31.6 Å². The molecule has 0 bridgehead atoms. The van der Waals surface area contributed by atoms with E-state index < -0.39 is 5.97 Å². The summed E-state index contributed by atoms with van der Waals surface area (Å²) in [6.07, 6.45) is 3.19. The number of carbonyl (C=O) groups is 1. The maximum Gasteiger partial charge on any atom is 0.358 e. The van der Waals surface area contributed by atoms with Gasteiger partial charge in [-0.1, -0.05) is 41.4 Å². The summed E-state index contributed by atoms with van der Waals surface area (Å²) in [4.78, 5) is 12.9. The average molecular weight is 444 g/mol. The molecule has 7 heteroatoms. The smallest absolute Gasteiger partial charge is 0.358 e. The van der Waals surface area contributed by atoms with Crippen molar-refractivity contribution in [3.8, 4) is 5.75 Å². The number of hydrogen-bond donors (Lipinski definition) is 0. The number of hydrogen-bond acceptors (Lipinski definition) is 4. The number of fused-ring (bicyclic) bond motifs is 1. The Balaban J connectivity index is 1.83. The second-order valence-corrected chi connectivity index (χ2v) is 7.48. The Morgan fingerprint density at radius 1 is 1.07 bits per heavy atom. The van der Waals surface area contributed by atoms with E-state index in [1.165, 1.54) is 0 Å². The molecule has 2 aromatic heterocycles. The molecule has 0 radical (unpaired) electrons. The fourth-order valence-electron chi connectivity index (χ4n) is 3.34. The van der Waals surface area contributed by atoms with Gasteiger partial charge in [-0.2, -0.15) is 0 Å². The lowest BCUT2D eigenvalue weighted by Crippen LogP contribution is -2.14. The normalized spacial score (nSPS) is 11.0. The van der Waals surface area contributed by atoms with Gasteiger partial charge in [0.15, 0.2) is 11.4 Å². The zero-order valence-electron chi connectivity index (χ0n) is 16.2. The van der Waals surface area contributed by atoms with Crippen molar-refractivity contribution in [3.63, 3.8) is 0 Å². The molecule has 0 amide bonds. The minimum absolute atomic E-state index is 0.258. The summed E-state index contributed by atoms with van der Waals surface area (Å²) in [7, 11) is 0. The molecule has 2 aromatic carbocycles. The Bertz CT molecular complexity index is 1180. The Morgan fingerprint density at radius 3 is 2.63 bits per heavy atom. The van der Waals surface area contributed by atoms with Crippen LogP contribution in [0.4, 0.5) is 0 Å². The summed E-state index contributed by atoms with van der Waals surface area (Å²) in [6.45, 7) is 2.70. The van der Waals surface area contributed by atoms with E-state index in [9.17, 15) is 4.79 Å². The van der Waals surface area contributed by atoms with Crippen molar-refractivity contribution in [1.29, 1.82) is 0 Å². The quantitative estimate of drug-likeness (QED) is 0.312. The van der Waals surface area contributed by atoms with E-state index in [0.717, 1.165) is 22.0 Å². The zero-order chi connectivity index (χ0) is 21.1. The topological polar surface area (TPSA) is 53.6 Å². The molecule has 0 unspecified atom stereocenters. The number of nitrogens with zero attached hydrogens (tertiary/aromatic N) is 1. The Labute approximate surface area is 183 Å². The maximum absolute atomic E-state index is 12.9. The predicted octanol–water partition coefficient (Wildman–Crippen LogP) is 6.35. The number of halogens is 2. The lowest BCUT2D eigenvalue weighted by Gasteiger charge is -2.12. The number of rotatable bonds is 7. The SMILES string of the molecule is CCOC(=O)c1c(OCc2ccoc2)c2ccccc2n1Cc1ccc(Cl)c(Cl)c1. The first-order valence-electron chi connectivity index (χ1n) is 9.44. The third kappa shape index (κ3) is 4.04. The summed E-state index contributed by atoms with van der Waals surface area (Å²) < 4.78 is 18.4. The van der Waals surface area contributed by atoms with Crippen LogP contribution in [0.1, 0.15) is 28.5 Å². The van der Waals surface area contributed by atoms with Crippen LogP contribution in [0.2, 0.25) is 10.0 Å². The van der Waals surface area contributed by atoms with Crippen molar-refractivity contribution in [3.05, 3.63) is 87.9 Å². The highest BCUT2D eigenvalue weighted by atomic mass is 35.5. The highest BCUT2D eigenvalue weighted by Gasteiger charge is 2.25. The highest BCUT2D eigenvalue weighted by Crippen LogP contribution is 2.35. The van der Waals surface area contributed by atoms with Gasteiger partial charge in [-0.15, -0.1) is 0 Å². The van der Waals surface area contributed by atoms with Crippen molar-refractivity contribution >= 4 is 40.1 Å². The van der Waals surface area contributed by atoms with Gasteiger partial charge in [0, 0.05) is 17.5 Å². The van der Waals surface area contributed by atoms with Crippen molar-refractivity contribution in [1.82, 2.24) is 4.57 Å². The molecule has 2 heterocycles. The molecule has 30 heavy (non-hydrogen) atoms. The molecule has 4 aromatic rings. The number of benzene rings is 2. The number of ether oxygens (including phenoxy) is 2. The molecule has 0 fully saturated rings.